The van der Waals surface area contributed by atoms with Crippen LogP contribution in [0.25, 0.3) is 66.7 Å². The number of furan rings is 1. The molecule has 3 nitrogen and oxygen atoms in total. The van der Waals surface area contributed by atoms with Crippen LogP contribution in [0, 0.1) is 12.1 Å². The van der Waals surface area contributed by atoms with Crippen LogP contribution in [0.2, 0.25) is 17.3 Å². The van der Waals surface area contributed by atoms with E-state index < -0.39 is 19.2 Å². The SMILES string of the molecule is [2H]C(CC)(CC)c1ccnc(-c2[c-]ccc3c2oc2cc(-c4ccccc4)ccc23)c1.[CH3][Ge]([CH3])([CH3])[c]1ccc(-c2[c-]cc(-c3ccccc3)cc2)nc1.[Ir]. The minimum absolute atomic E-state index is 0. The Morgan fingerprint density at radius 2 is 1.38 bits per heavy atom. The fourth-order valence-electron chi connectivity index (χ4n) is 6.58. The van der Waals surface area contributed by atoms with Gasteiger partial charge in [0.2, 0.25) is 0 Å². The molecule has 267 valence electrons. The number of nitrogens with zero attached hydrogens (tertiary/aromatic N) is 2. The van der Waals surface area contributed by atoms with Gasteiger partial charge in [-0.1, -0.05) is 78.9 Å². The molecular weight excluding hydrogens is 885 g/mol. The first-order valence-corrected chi connectivity index (χ1v) is 25.4. The van der Waals surface area contributed by atoms with Gasteiger partial charge in [0.05, 0.1) is 5.58 Å². The van der Waals surface area contributed by atoms with Gasteiger partial charge in [-0.3, -0.25) is 0 Å². The molecule has 53 heavy (non-hydrogen) atoms. The van der Waals surface area contributed by atoms with E-state index in [2.05, 4.69) is 132 Å². The minimum Gasteiger partial charge on any atom is 0 e. The number of rotatable bonds is 8. The summed E-state index contributed by atoms with van der Waals surface area (Å²) in [5.41, 5.74) is 11.0. The second-order valence-electron chi connectivity index (χ2n) is 14.1. The molecule has 0 unspecified atom stereocenters. The van der Waals surface area contributed by atoms with Crippen molar-refractivity contribution in [1.82, 2.24) is 9.97 Å². The Balaban J connectivity index is 0.000000191. The van der Waals surface area contributed by atoms with E-state index in [1.165, 1.54) is 15.5 Å². The summed E-state index contributed by atoms with van der Waals surface area (Å²) in [6, 6.07) is 52.4. The summed E-state index contributed by atoms with van der Waals surface area (Å²) in [6.07, 6.45) is 5.36. The average molecular weight is 931 g/mol. The normalized spacial score (nSPS) is 11.8. The molecule has 3 aromatic heterocycles. The van der Waals surface area contributed by atoms with Crippen molar-refractivity contribution in [3.8, 4) is 44.8 Å². The quantitative estimate of drug-likeness (QED) is 0.113. The van der Waals surface area contributed by atoms with Crippen molar-refractivity contribution in [3.63, 3.8) is 0 Å². The summed E-state index contributed by atoms with van der Waals surface area (Å²) in [4.78, 5) is 9.24. The maximum absolute atomic E-state index is 8.81. The van der Waals surface area contributed by atoms with Crippen molar-refractivity contribution >= 4 is 39.6 Å². The molecule has 5 aromatic carbocycles. The summed E-state index contributed by atoms with van der Waals surface area (Å²) < 4.78 is 16.6. The van der Waals surface area contributed by atoms with Gasteiger partial charge in [-0.2, -0.15) is 0 Å². The van der Waals surface area contributed by atoms with E-state index in [1.807, 2.05) is 60.8 Å². The molecule has 0 aliphatic rings. The van der Waals surface area contributed by atoms with E-state index >= 15 is 0 Å². The Bertz CT molecular complexity index is 2450. The fourth-order valence-corrected chi connectivity index (χ4v) is 8.75. The van der Waals surface area contributed by atoms with E-state index in [0.717, 1.165) is 74.0 Å². The molecule has 0 aliphatic carbocycles. The molecule has 0 saturated carbocycles. The third-order valence-corrected chi connectivity index (χ3v) is 13.9. The molecular formula is C48H44GeIrN2O-2. The Kier molecular flexibility index (Phi) is 11.8. The van der Waals surface area contributed by atoms with E-state index in [0.29, 0.717) is 0 Å². The molecule has 0 aliphatic heterocycles. The molecule has 0 bridgehead atoms. The summed E-state index contributed by atoms with van der Waals surface area (Å²) in [7, 11) is 0. The van der Waals surface area contributed by atoms with Crippen LogP contribution >= 0.6 is 0 Å². The van der Waals surface area contributed by atoms with Crippen LogP contribution < -0.4 is 4.40 Å². The van der Waals surface area contributed by atoms with Gasteiger partial charge in [0.25, 0.3) is 0 Å². The Morgan fingerprint density at radius 1 is 0.679 bits per heavy atom. The van der Waals surface area contributed by atoms with E-state index in [4.69, 9.17) is 5.79 Å². The third-order valence-electron chi connectivity index (χ3n) is 9.64. The number of fused-ring (bicyclic) bond motifs is 3. The maximum Gasteiger partial charge on any atom is 0 e. The molecule has 8 rings (SSSR count). The Morgan fingerprint density at radius 3 is 2.00 bits per heavy atom. The van der Waals surface area contributed by atoms with Gasteiger partial charge >= 0.3 is 135 Å². The second kappa shape index (κ2) is 17.0. The summed E-state index contributed by atoms with van der Waals surface area (Å²) in [6.45, 7) is 4.13. The van der Waals surface area contributed by atoms with Crippen molar-refractivity contribution in [3.05, 3.63) is 164 Å². The van der Waals surface area contributed by atoms with Gasteiger partial charge in [-0.05, 0) is 47.7 Å². The smallest absolute Gasteiger partial charge is 0 e. The van der Waals surface area contributed by atoms with Crippen LogP contribution in [-0.4, -0.2) is 23.2 Å². The van der Waals surface area contributed by atoms with Crippen LogP contribution in [0.1, 0.15) is 39.5 Å². The van der Waals surface area contributed by atoms with Crippen molar-refractivity contribution in [1.29, 1.82) is 0 Å². The van der Waals surface area contributed by atoms with Crippen LogP contribution in [-0.2, 0) is 20.1 Å². The maximum atomic E-state index is 8.81. The van der Waals surface area contributed by atoms with Gasteiger partial charge < -0.3 is 9.40 Å². The molecule has 0 spiro atoms. The second-order valence-corrected chi connectivity index (χ2v) is 24.7. The van der Waals surface area contributed by atoms with Crippen LogP contribution in [0.4, 0.5) is 0 Å². The molecule has 0 saturated heterocycles. The molecule has 0 fully saturated rings. The third kappa shape index (κ3) is 8.63. The van der Waals surface area contributed by atoms with Gasteiger partial charge in [0.15, 0.2) is 0 Å². The topological polar surface area (TPSA) is 38.9 Å². The van der Waals surface area contributed by atoms with Crippen molar-refractivity contribution < 1.29 is 25.9 Å². The zero-order chi connectivity index (χ0) is 37.0. The van der Waals surface area contributed by atoms with E-state index in [9.17, 15) is 0 Å². The number of aromatic nitrogens is 2. The Labute approximate surface area is 331 Å². The zero-order valence-electron chi connectivity index (χ0n) is 31.9. The molecule has 3 heterocycles. The molecule has 0 atom stereocenters. The van der Waals surface area contributed by atoms with Crippen LogP contribution in [0.5, 0.6) is 0 Å². The Hall–Kier alpha value is -4.61. The molecule has 8 aromatic rings. The van der Waals surface area contributed by atoms with Gasteiger partial charge in [-0.15, -0.1) is 18.2 Å². The first-order valence-electron chi connectivity index (χ1n) is 18.6. The standard InChI is InChI=1S/C28H24NO.C20H20GeN.Ir/c1-3-19(4-2)22-15-16-29-26(17-22)25-12-8-11-24-23-14-13-21(18-27(23)30-28(24)25)20-9-6-5-7-10-20;1-21(2,3)19-13-14-20(22-15-19)18-11-9-17(10-12-18)16-7-5-4-6-8-16;/h5-11,13-19H,3-4H2,1-2H3;4-11,13-15H,1-3H3;/q2*-1;/i19D;;. The van der Waals surface area contributed by atoms with E-state index in [1.54, 1.807) is 6.20 Å². The van der Waals surface area contributed by atoms with Crippen LogP contribution in [0.3, 0.4) is 0 Å². The van der Waals surface area contributed by atoms with E-state index in [-0.39, 0.29) is 20.1 Å². The van der Waals surface area contributed by atoms with Gasteiger partial charge in [-0.25, -0.2) is 0 Å². The monoisotopic (exact) mass is 932 g/mol. The number of hydrogen-bond acceptors (Lipinski definition) is 3. The fraction of sp³-hybridized carbons (Fsp3) is 0.167. The summed E-state index contributed by atoms with van der Waals surface area (Å²) in [5, 5.41) is 2.14. The van der Waals surface area contributed by atoms with Crippen LogP contribution in [0.15, 0.2) is 150 Å². The largest absolute Gasteiger partial charge is 0 e. The molecule has 1 radical (unpaired) electrons. The molecule has 5 heteroatoms. The first-order chi connectivity index (χ1) is 25.7. The number of pyridine rings is 2. The predicted octanol–water partition coefficient (Wildman–Crippen LogP) is 12.8. The van der Waals surface area contributed by atoms with Crippen molar-refractivity contribution in [2.24, 2.45) is 0 Å². The number of hydrogen-bond donors (Lipinski definition) is 0. The summed E-state index contributed by atoms with van der Waals surface area (Å²) in [5.74, 6) is 6.55. The first kappa shape index (κ1) is 36.7. The van der Waals surface area contributed by atoms with Gasteiger partial charge in [0, 0.05) is 33.1 Å². The summed E-state index contributed by atoms with van der Waals surface area (Å²) >= 11 is -1.78. The van der Waals surface area contributed by atoms with Gasteiger partial charge in [0.1, 0.15) is 5.58 Å². The van der Waals surface area contributed by atoms with Crippen molar-refractivity contribution in [2.45, 2.75) is 49.9 Å². The minimum atomic E-state index is -1.78. The number of benzene rings is 5. The molecule has 0 N–H and O–H groups in total. The predicted molar refractivity (Wildman–Crippen MR) is 221 cm³/mol. The average Bonchev–Trinajstić information content (AvgIpc) is 3.59. The van der Waals surface area contributed by atoms with Crippen molar-refractivity contribution in [2.75, 3.05) is 0 Å². The zero-order valence-corrected chi connectivity index (χ0v) is 35.4. The molecule has 0 amide bonds.